The van der Waals surface area contributed by atoms with E-state index in [4.69, 9.17) is 9.47 Å². The average molecular weight is 277 g/mol. The Labute approximate surface area is 118 Å². The normalized spacial score (nSPS) is 22.0. The Morgan fingerprint density at radius 3 is 2.55 bits per heavy atom. The van der Waals surface area contributed by atoms with Gasteiger partial charge in [0.2, 0.25) is 0 Å². The van der Waals surface area contributed by atoms with Crippen molar-refractivity contribution in [1.29, 1.82) is 0 Å². The standard InChI is InChI=1S/C15H19NO4/c1-10(2)13-12(14(17)19-3)16(15(18)20-13)9-11-7-5-4-6-8-11/h4-8,10,12-13H,9H2,1-3H3/t12-,13-/m0/s1. The molecule has 1 heterocycles. The van der Waals surface area contributed by atoms with Crippen LogP contribution in [-0.2, 0) is 20.8 Å². The van der Waals surface area contributed by atoms with E-state index in [9.17, 15) is 9.59 Å². The van der Waals surface area contributed by atoms with Crippen molar-refractivity contribution in [1.82, 2.24) is 4.90 Å². The van der Waals surface area contributed by atoms with Crippen molar-refractivity contribution in [3.63, 3.8) is 0 Å². The van der Waals surface area contributed by atoms with Crippen LogP contribution in [0, 0.1) is 5.92 Å². The summed E-state index contributed by atoms with van der Waals surface area (Å²) >= 11 is 0. The monoisotopic (exact) mass is 277 g/mol. The molecule has 20 heavy (non-hydrogen) atoms. The first-order valence-corrected chi connectivity index (χ1v) is 6.63. The molecule has 5 nitrogen and oxygen atoms in total. The summed E-state index contributed by atoms with van der Waals surface area (Å²) in [6.45, 7) is 4.17. The fourth-order valence-electron chi connectivity index (χ4n) is 2.37. The van der Waals surface area contributed by atoms with Crippen molar-refractivity contribution in [2.24, 2.45) is 5.92 Å². The molecule has 1 aliphatic rings. The van der Waals surface area contributed by atoms with Gasteiger partial charge in [0.1, 0.15) is 6.10 Å². The summed E-state index contributed by atoms with van der Waals surface area (Å²) in [5.74, 6) is -0.394. The van der Waals surface area contributed by atoms with Gasteiger partial charge < -0.3 is 9.47 Å². The number of hydrogen-bond acceptors (Lipinski definition) is 4. The zero-order chi connectivity index (χ0) is 14.7. The van der Waals surface area contributed by atoms with Crippen molar-refractivity contribution < 1.29 is 19.1 Å². The van der Waals surface area contributed by atoms with Gasteiger partial charge in [0, 0.05) is 0 Å². The van der Waals surface area contributed by atoms with E-state index >= 15 is 0 Å². The Hall–Kier alpha value is -2.04. The minimum absolute atomic E-state index is 0.0452. The molecule has 1 amide bonds. The first-order chi connectivity index (χ1) is 9.54. The summed E-state index contributed by atoms with van der Waals surface area (Å²) in [7, 11) is 1.32. The third kappa shape index (κ3) is 2.76. The van der Waals surface area contributed by atoms with Crippen molar-refractivity contribution in [3.05, 3.63) is 35.9 Å². The van der Waals surface area contributed by atoms with Gasteiger partial charge in [0.05, 0.1) is 13.7 Å². The Kier molecular flexibility index (Phi) is 4.27. The molecule has 1 aromatic carbocycles. The van der Waals surface area contributed by atoms with Gasteiger partial charge in [-0.1, -0.05) is 44.2 Å². The minimum atomic E-state index is -0.687. The number of methoxy groups -OCH3 is 1. The molecule has 0 radical (unpaired) electrons. The van der Waals surface area contributed by atoms with E-state index in [2.05, 4.69) is 0 Å². The Bertz CT molecular complexity index is 486. The smallest absolute Gasteiger partial charge is 0.411 e. The summed E-state index contributed by atoms with van der Waals surface area (Å²) < 4.78 is 10.1. The van der Waals surface area contributed by atoms with E-state index < -0.39 is 24.2 Å². The molecule has 0 N–H and O–H groups in total. The summed E-state index contributed by atoms with van der Waals surface area (Å²) in [4.78, 5) is 25.4. The highest BCUT2D eigenvalue weighted by Crippen LogP contribution is 2.27. The molecule has 0 saturated carbocycles. The number of hydrogen-bond donors (Lipinski definition) is 0. The van der Waals surface area contributed by atoms with Gasteiger partial charge in [-0.3, -0.25) is 4.90 Å². The van der Waals surface area contributed by atoms with E-state index in [1.807, 2.05) is 44.2 Å². The van der Waals surface area contributed by atoms with Crippen LogP contribution in [0.25, 0.3) is 0 Å². The molecular formula is C15H19NO4. The molecule has 5 heteroatoms. The summed E-state index contributed by atoms with van der Waals surface area (Å²) in [5, 5.41) is 0. The molecule has 0 aromatic heterocycles. The fraction of sp³-hybridized carbons (Fsp3) is 0.467. The molecule has 0 spiro atoms. The molecule has 0 bridgehead atoms. The number of esters is 1. The number of benzene rings is 1. The maximum absolute atomic E-state index is 12.0. The quantitative estimate of drug-likeness (QED) is 0.792. The van der Waals surface area contributed by atoms with Crippen LogP contribution < -0.4 is 0 Å². The van der Waals surface area contributed by atoms with Crippen LogP contribution in [0.5, 0.6) is 0 Å². The summed E-state index contributed by atoms with van der Waals surface area (Å²) in [6.07, 6.45) is -0.943. The Balaban J connectivity index is 2.24. The highest BCUT2D eigenvalue weighted by atomic mass is 16.6. The highest BCUT2D eigenvalue weighted by molar-refractivity contribution is 5.85. The predicted molar refractivity (Wildman–Crippen MR) is 72.9 cm³/mol. The summed E-state index contributed by atoms with van der Waals surface area (Å²) in [6, 6.07) is 8.82. The lowest BCUT2D eigenvalue weighted by Crippen LogP contribution is -2.44. The zero-order valence-electron chi connectivity index (χ0n) is 11.9. The lowest BCUT2D eigenvalue weighted by molar-refractivity contribution is -0.147. The van der Waals surface area contributed by atoms with Crippen molar-refractivity contribution in [2.75, 3.05) is 7.11 Å². The van der Waals surface area contributed by atoms with Crippen molar-refractivity contribution in [3.8, 4) is 0 Å². The first kappa shape index (κ1) is 14.4. The van der Waals surface area contributed by atoms with Gasteiger partial charge >= 0.3 is 12.1 Å². The fourth-order valence-corrected chi connectivity index (χ4v) is 2.37. The maximum Gasteiger partial charge on any atom is 0.411 e. The van der Waals surface area contributed by atoms with Crippen LogP contribution in [0.15, 0.2) is 30.3 Å². The van der Waals surface area contributed by atoms with Crippen molar-refractivity contribution >= 4 is 12.1 Å². The lowest BCUT2D eigenvalue weighted by atomic mass is 9.99. The number of rotatable bonds is 4. The number of amides is 1. The maximum atomic E-state index is 12.0. The van der Waals surface area contributed by atoms with Gasteiger partial charge in [-0.25, -0.2) is 9.59 Å². The lowest BCUT2D eigenvalue weighted by Gasteiger charge is -2.24. The second-order valence-corrected chi connectivity index (χ2v) is 5.17. The van der Waals surface area contributed by atoms with E-state index in [-0.39, 0.29) is 5.92 Å². The van der Waals surface area contributed by atoms with Crippen molar-refractivity contribution in [2.45, 2.75) is 32.5 Å². The molecule has 1 saturated heterocycles. The second kappa shape index (κ2) is 5.94. The number of carbonyl (C=O) groups excluding carboxylic acids is 2. The van der Waals surface area contributed by atoms with Gasteiger partial charge in [-0.15, -0.1) is 0 Å². The van der Waals surface area contributed by atoms with Crippen LogP contribution in [0.3, 0.4) is 0 Å². The van der Waals surface area contributed by atoms with Gasteiger partial charge in [-0.2, -0.15) is 0 Å². The topological polar surface area (TPSA) is 55.8 Å². The third-order valence-electron chi connectivity index (χ3n) is 3.41. The second-order valence-electron chi connectivity index (χ2n) is 5.17. The van der Waals surface area contributed by atoms with Crippen LogP contribution >= 0.6 is 0 Å². The van der Waals surface area contributed by atoms with Crippen LogP contribution in [0.4, 0.5) is 4.79 Å². The molecule has 108 valence electrons. The van der Waals surface area contributed by atoms with Gasteiger partial charge in [0.15, 0.2) is 6.04 Å². The van der Waals surface area contributed by atoms with Crippen LogP contribution in [0.1, 0.15) is 19.4 Å². The third-order valence-corrected chi connectivity index (χ3v) is 3.41. The van der Waals surface area contributed by atoms with Crippen LogP contribution in [0.2, 0.25) is 0 Å². The van der Waals surface area contributed by atoms with E-state index in [0.29, 0.717) is 6.54 Å². The molecule has 2 atom stereocenters. The average Bonchev–Trinajstić information content (AvgIpc) is 2.77. The molecule has 2 rings (SSSR count). The largest absolute Gasteiger partial charge is 0.467 e. The first-order valence-electron chi connectivity index (χ1n) is 6.63. The number of nitrogens with zero attached hydrogens (tertiary/aromatic N) is 1. The highest BCUT2D eigenvalue weighted by Gasteiger charge is 2.48. The molecule has 1 aromatic rings. The summed E-state index contributed by atoms with van der Waals surface area (Å²) in [5.41, 5.74) is 0.947. The van der Waals surface area contributed by atoms with E-state index in [0.717, 1.165) is 5.56 Å². The number of cyclic esters (lactones) is 1. The molecule has 0 aliphatic carbocycles. The van der Waals surface area contributed by atoms with E-state index in [1.165, 1.54) is 12.0 Å². The molecule has 1 fully saturated rings. The molecule has 0 unspecified atom stereocenters. The number of ether oxygens (including phenoxy) is 2. The number of carbonyl (C=O) groups is 2. The van der Waals surface area contributed by atoms with Gasteiger partial charge in [-0.05, 0) is 11.5 Å². The SMILES string of the molecule is COC(=O)[C@@H]1[C@H](C(C)C)OC(=O)N1Cc1ccccc1. The van der Waals surface area contributed by atoms with E-state index in [1.54, 1.807) is 0 Å². The predicted octanol–water partition coefficient (Wildman–Crippen LogP) is 2.21. The molecular weight excluding hydrogens is 258 g/mol. The minimum Gasteiger partial charge on any atom is -0.467 e. The zero-order valence-corrected chi connectivity index (χ0v) is 11.9. The Morgan fingerprint density at radius 1 is 1.35 bits per heavy atom. The Morgan fingerprint density at radius 2 is 2.00 bits per heavy atom. The molecule has 1 aliphatic heterocycles. The van der Waals surface area contributed by atoms with Crippen LogP contribution in [-0.4, -0.2) is 36.2 Å². The van der Waals surface area contributed by atoms with Gasteiger partial charge in [0.25, 0.3) is 0 Å².